The van der Waals surface area contributed by atoms with Gasteiger partial charge in [0.1, 0.15) is 0 Å². The summed E-state index contributed by atoms with van der Waals surface area (Å²) in [4.78, 5) is 17.1. The number of aromatic nitrogens is 1. The largest absolute Gasteiger partial charge is 0.501 e. The third-order valence-corrected chi connectivity index (χ3v) is 6.59. The summed E-state index contributed by atoms with van der Waals surface area (Å²) in [7, 11) is 2.24. The number of aromatic amines is 1. The van der Waals surface area contributed by atoms with E-state index in [0.717, 1.165) is 19.4 Å². The normalized spacial score (nSPS) is 25.6. The summed E-state index contributed by atoms with van der Waals surface area (Å²) >= 11 is 1.82. The van der Waals surface area contributed by atoms with Crippen molar-refractivity contribution in [3.8, 4) is 0 Å². The first-order chi connectivity index (χ1) is 12.6. The van der Waals surface area contributed by atoms with E-state index in [9.17, 15) is 4.79 Å². The van der Waals surface area contributed by atoms with Crippen LogP contribution in [0.2, 0.25) is 0 Å². The zero-order valence-corrected chi connectivity index (χ0v) is 16.4. The van der Waals surface area contributed by atoms with Gasteiger partial charge in [0.15, 0.2) is 5.78 Å². The van der Waals surface area contributed by atoms with Crippen LogP contribution in [0.4, 0.5) is 0 Å². The van der Waals surface area contributed by atoms with Crippen molar-refractivity contribution in [2.24, 2.45) is 5.92 Å². The summed E-state index contributed by atoms with van der Waals surface area (Å²) in [5, 5.41) is 2.77. The van der Waals surface area contributed by atoms with E-state index < -0.39 is 0 Å². The number of thioether (sulfide) groups is 1. The summed E-state index contributed by atoms with van der Waals surface area (Å²) < 4.78 is 5.64. The Morgan fingerprint density at radius 2 is 2.31 bits per heavy atom. The molecule has 2 aromatic rings. The number of likely N-dealkylation sites (N-methyl/N-ethyl adjacent to an activating group) is 1. The van der Waals surface area contributed by atoms with Crippen molar-refractivity contribution in [1.29, 1.82) is 0 Å². The average molecular weight is 371 g/mol. The summed E-state index contributed by atoms with van der Waals surface area (Å²) in [6, 6.07) is 7.24. The second-order valence-corrected chi connectivity index (χ2v) is 8.39. The number of hydrogen-bond donors (Lipinski definition) is 1. The molecule has 1 N–H and O–H groups in total. The van der Waals surface area contributed by atoms with Gasteiger partial charge < -0.3 is 14.6 Å². The molecule has 4 nitrogen and oxygen atoms in total. The molecule has 1 unspecified atom stereocenters. The van der Waals surface area contributed by atoms with Gasteiger partial charge in [-0.05, 0) is 50.3 Å². The Labute approximate surface area is 159 Å². The average Bonchev–Trinajstić information content (AvgIpc) is 2.99. The minimum Gasteiger partial charge on any atom is -0.501 e. The van der Waals surface area contributed by atoms with Gasteiger partial charge in [0.2, 0.25) is 0 Å². The van der Waals surface area contributed by atoms with E-state index >= 15 is 0 Å². The summed E-state index contributed by atoms with van der Waals surface area (Å²) in [6.45, 7) is 3.25. The van der Waals surface area contributed by atoms with Crippen LogP contribution in [-0.2, 0) is 16.0 Å². The van der Waals surface area contributed by atoms with Crippen molar-refractivity contribution in [2.75, 3.05) is 26.5 Å². The molecule has 1 saturated heterocycles. The molecule has 1 aromatic carbocycles. The van der Waals surface area contributed by atoms with Gasteiger partial charge >= 0.3 is 0 Å². The molecule has 5 heteroatoms. The maximum absolute atomic E-state index is 11.0. The Balaban J connectivity index is 1.61. The van der Waals surface area contributed by atoms with E-state index in [1.165, 1.54) is 33.1 Å². The van der Waals surface area contributed by atoms with Crippen LogP contribution in [-0.4, -0.2) is 48.2 Å². The van der Waals surface area contributed by atoms with Crippen LogP contribution in [0.3, 0.4) is 0 Å². The summed E-state index contributed by atoms with van der Waals surface area (Å²) in [5.74, 6) is 1.05. The zero-order valence-electron chi connectivity index (χ0n) is 15.6. The molecule has 0 radical (unpaired) electrons. The molecule has 0 amide bonds. The highest BCUT2D eigenvalue weighted by Gasteiger charge is 2.40. The van der Waals surface area contributed by atoms with Crippen molar-refractivity contribution in [3.05, 3.63) is 41.7 Å². The van der Waals surface area contributed by atoms with Crippen LogP contribution in [0.5, 0.6) is 0 Å². The summed E-state index contributed by atoms with van der Waals surface area (Å²) in [6.07, 6.45) is 7.45. The van der Waals surface area contributed by atoms with Crippen LogP contribution in [0, 0.1) is 5.92 Å². The first-order valence-corrected chi connectivity index (χ1v) is 10.5. The number of rotatable bonds is 5. The third kappa shape index (κ3) is 3.08. The second kappa shape index (κ2) is 7.12. The summed E-state index contributed by atoms with van der Waals surface area (Å²) in [5.41, 5.74) is 4.25. The first-order valence-electron chi connectivity index (χ1n) is 9.25. The molecule has 26 heavy (non-hydrogen) atoms. The fraction of sp³-hybridized carbons (Fsp3) is 0.476. The predicted octanol–water partition coefficient (Wildman–Crippen LogP) is 3.97. The topological polar surface area (TPSA) is 45.3 Å². The van der Waals surface area contributed by atoms with Crippen LogP contribution in [0.25, 0.3) is 10.9 Å². The van der Waals surface area contributed by atoms with Crippen LogP contribution >= 0.6 is 11.8 Å². The first kappa shape index (κ1) is 17.7. The molecule has 1 fully saturated rings. The van der Waals surface area contributed by atoms with Crippen LogP contribution in [0.15, 0.2) is 35.6 Å². The number of nitrogens with one attached hydrogen (secondary N) is 1. The third-order valence-electron chi connectivity index (χ3n) is 5.83. The zero-order chi connectivity index (χ0) is 18.3. The number of allylic oxidation sites excluding steroid dienone is 1. The second-order valence-electron chi connectivity index (χ2n) is 7.57. The van der Waals surface area contributed by atoms with Crippen molar-refractivity contribution in [1.82, 2.24) is 9.88 Å². The molecule has 0 saturated carbocycles. The fourth-order valence-electron chi connectivity index (χ4n) is 4.74. The lowest BCUT2D eigenvalue weighted by atomic mass is 9.72. The quantitative estimate of drug-likeness (QED) is 0.491. The smallest absolute Gasteiger partial charge is 0.155 e. The predicted molar refractivity (Wildman–Crippen MR) is 107 cm³/mol. The van der Waals surface area contributed by atoms with Gasteiger partial charge in [-0.3, -0.25) is 4.79 Å². The number of ether oxygens (including phenoxy) is 1. The molecule has 4 rings (SSSR count). The molecule has 1 aliphatic carbocycles. The fourth-order valence-corrected chi connectivity index (χ4v) is 5.38. The highest BCUT2D eigenvalue weighted by atomic mass is 32.2. The number of fused-ring (bicyclic) bond motifs is 2. The van der Waals surface area contributed by atoms with Crippen LogP contribution < -0.4 is 0 Å². The molecule has 2 aliphatic rings. The molecule has 2 heterocycles. The van der Waals surface area contributed by atoms with Gasteiger partial charge in [-0.1, -0.05) is 12.1 Å². The molecule has 0 spiro atoms. The van der Waals surface area contributed by atoms with Gasteiger partial charge in [0, 0.05) is 41.4 Å². The van der Waals surface area contributed by atoms with Crippen molar-refractivity contribution in [2.45, 2.75) is 36.8 Å². The van der Waals surface area contributed by atoms with Crippen molar-refractivity contribution < 1.29 is 9.53 Å². The Morgan fingerprint density at radius 1 is 1.46 bits per heavy atom. The van der Waals surface area contributed by atoms with Gasteiger partial charge in [-0.15, -0.1) is 11.8 Å². The van der Waals surface area contributed by atoms with Gasteiger partial charge in [0.25, 0.3) is 0 Å². The van der Waals surface area contributed by atoms with Crippen molar-refractivity contribution in [3.63, 3.8) is 0 Å². The molecular weight excluding hydrogens is 344 g/mol. The van der Waals surface area contributed by atoms with E-state index in [4.69, 9.17) is 4.74 Å². The van der Waals surface area contributed by atoms with Crippen molar-refractivity contribution >= 4 is 28.4 Å². The van der Waals surface area contributed by atoms with Gasteiger partial charge in [-0.25, -0.2) is 0 Å². The number of nitrogens with zero attached hydrogens (tertiary/aromatic N) is 1. The number of hydrogen-bond acceptors (Lipinski definition) is 4. The minimum atomic E-state index is 0.0226. The standard InChI is InChI=1S/C21H26N2O2S/c1-13(24)7-8-25-12-14-9-16-15-5-4-6-18-20(15)17(21(22-18)26-3)10-19(16)23(2)11-14/h4-8,14,16,19,22H,9-12H2,1-3H3/b8-7+/t14-,16?,19-/m1/s1. The number of carbonyl (C=O) groups is 1. The number of ketones is 1. The Kier molecular flexibility index (Phi) is 4.84. The molecule has 0 bridgehead atoms. The van der Waals surface area contributed by atoms with E-state index in [1.807, 2.05) is 11.8 Å². The number of benzene rings is 1. The maximum atomic E-state index is 11.0. The highest BCUT2D eigenvalue weighted by molar-refractivity contribution is 7.98. The van der Waals surface area contributed by atoms with E-state index in [0.29, 0.717) is 24.5 Å². The lowest BCUT2D eigenvalue weighted by Gasteiger charge is -2.45. The lowest BCUT2D eigenvalue weighted by molar-refractivity contribution is -0.112. The number of piperidine rings is 1. The maximum Gasteiger partial charge on any atom is 0.155 e. The SMILES string of the molecule is CSc1[nH]c2cccc3c2c1C[C@@H]1C3C[C@@H](CO/C=C/C(C)=O)CN1C. The molecular formula is C21H26N2O2S. The number of likely N-dealkylation sites (tertiary alicyclic amines) is 1. The minimum absolute atomic E-state index is 0.0226. The van der Waals surface area contributed by atoms with Crippen LogP contribution in [0.1, 0.15) is 30.4 Å². The number of H-pyrrole nitrogens is 1. The van der Waals surface area contributed by atoms with E-state index in [1.54, 1.807) is 13.2 Å². The van der Waals surface area contributed by atoms with E-state index in [2.05, 4.69) is 41.4 Å². The van der Waals surface area contributed by atoms with Gasteiger partial charge in [-0.2, -0.15) is 0 Å². The van der Waals surface area contributed by atoms with E-state index in [-0.39, 0.29) is 5.78 Å². The molecule has 1 aliphatic heterocycles. The molecule has 138 valence electrons. The van der Waals surface area contributed by atoms with Gasteiger partial charge in [0.05, 0.1) is 17.9 Å². The molecule has 3 atom stereocenters. The Bertz CT molecular complexity index is 857. The molecule has 1 aromatic heterocycles. The monoisotopic (exact) mass is 370 g/mol. The Morgan fingerprint density at radius 3 is 3.08 bits per heavy atom. The lowest BCUT2D eigenvalue weighted by Crippen LogP contribution is -2.48. The highest BCUT2D eigenvalue weighted by Crippen LogP contribution is 2.46. The number of carbonyl (C=O) groups excluding carboxylic acids is 1. The Hall–Kier alpha value is -1.72.